The van der Waals surface area contributed by atoms with Gasteiger partial charge in [0.25, 0.3) is 0 Å². The van der Waals surface area contributed by atoms with Gasteiger partial charge in [-0.05, 0) is 49.9 Å². The molecule has 6 heteroatoms. The Labute approximate surface area is 167 Å². The van der Waals surface area contributed by atoms with E-state index in [-0.39, 0.29) is 5.91 Å². The topological polar surface area (TPSA) is 50.6 Å². The molecule has 0 N–H and O–H groups in total. The van der Waals surface area contributed by atoms with Gasteiger partial charge < -0.3 is 14.5 Å². The van der Waals surface area contributed by atoms with Gasteiger partial charge >= 0.3 is 0 Å². The number of amides is 1. The molecule has 0 radical (unpaired) electrons. The molecule has 0 spiro atoms. The van der Waals surface area contributed by atoms with E-state index < -0.39 is 0 Å². The van der Waals surface area contributed by atoms with Gasteiger partial charge in [-0.1, -0.05) is 6.07 Å². The summed E-state index contributed by atoms with van der Waals surface area (Å²) >= 11 is 0. The normalized spacial score (nSPS) is 17.5. The van der Waals surface area contributed by atoms with Gasteiger partial charge in [0, 0.05) is 57.1 Å². The molecule has 28 heavy (non-hydrogen) atoms. The summed E-state index contributed by atoms with van der Waals surface area (Å²) in [5.41, 5.74) is 6.16. The van der Waals surface area contributed by atoms with Crippen molar-refractivity contribution in [3.63, 3.8) is 0 Å². The van der Waals surface area contributed by atoms with E-state index in [0.29, 0.717) is 12.6 Å². The van der Waals surface area contributed by atoms with E-state index in [9.17, 15) is 4.79 Å². The third-order valence-electron chi connectivity index (χ3n) is 6.24. The molecule has 2 aliphatic rings. The average molecular weight is 383 g/mol. The van der Waals surface area contributed by atoms with Crippen molar-refractivity contribution in [1.29, 1.82) is 0 Å². The number of benzene rings is 1. The second kappa shape index (κ2) is 7.59. The van der Waals surface area contributed by atoms with E-state index in [0.717, 1.165) is 50.5 Å². The molecule has 2 aromatic rings. The smallest absolute Gasteiger partial charge is 0.219 e. The Kier molecular flexibility index (Phi) is 5.15. The molecule has 2 aliphatic heterocycles. The number of rotatable bonds is 3. The van der Waals surface area contributed by atoms with Crippen molar-refractivity contribution in [3.05, 3.63) is 40.6 Å². The molecule has 0 aliphatic carbocycles. The predicted molar refractivity (Wildman–Crippen MR) is 110 cm³/mol. The van der Waals surface area contributed by atoms with Crippen molar-refractivity contribution in [3.8, 4) is 0 Å². The lowest BCUT2D eigenvalue weighted by Gasteiger charge is -2.29. The number of aromatic nitrogens is 2. The van der Waals surface area contributed by atoms with Crippen LogP contribution >= 0.6 is 0 Å². The van der Waals surface area contributed by atoms with Crippen LogP contribution in [0.4, 0.5) is 11.5 Å². The van der Waals surface area contributed by atoms with Gasteiger partial charge in [-0.25, -0.2) is 0 Å². The highest BCUT2D eigenvalue weighted by atomic mass is 16.5. The van der Waals surface area contributed by atoms with Gasteiger partial charge in [0.1, 0.15) is 0 Å². The summed E-state index contributed by atoms with van der Waals surface area (Å²) in [5, 5.41) is 5.09. The SMILES string of the molecule is CC(=O)N1CCc2c(c(N(C)c3ccc(C)c(C)c3)nn2C2CCOCC2)C1. The molecule has 0 bridgehead atoms. The number of hydrogen-bond acceptors (Lipinski definition) is 4. The van der Waals surface area contributed by atoms with Crippen molar-refractivity contribution in [1.82, 2.24) is 14.7 Å². The van der Waals surface area contributed by atoms with E-state index in [4.69, 9.17) is 9.84 Å². The fourth-order valence-corrected chi connectivity index (χ4v) is 4.25. The first-order valence-electron chi connectivity index (χ1n) is 10.2. The number of hydrogen-bond donors (Lipinski definition) is 0. The third-order valence-corrected chi connectivity index (χ3v) is 6.24. The standard InChI is InChI=1S/C22H30N4O2/c1-15-5-6-19(13-16(15)2)24(4)22-20-14-25(17(3)27)10-7-21(20)26(23-22)18-8-11-28-12-9-18/h5-6,13,18H,7-12,14H2,1-4H3. The lowest BCUT2D eigenvalue weighted by Crippen LogP contribution is -2.35. The van der Waals surface area contributed by atoms with Gasteiger partial charge in [-0.2, -0.15) is 5.10 Å². The zero-order valence-electron chi connectivity index (χ0n) is 17.4. The Bertz CT molecular complexity index is 883. The molecule has 1 amide bonds. The minimum absolute atomic E-state index is 0.129. The molecule has 6 nitrogen and oxygen atoms in total. The molecule has 1 fully saturated rings. The van der Waals surface area contributed by atoms with Crippen LogP contribution < -0.4 is 4.90 Å². The zero-order chi connectivity index (χ0) is 19.8. The van der Waals surface area contributed by atoms with Gasteiger partial charge in [0.15, 0.2) is 5.82 Å². The van der Waals surface area contributed by atoms with Crippen molar-refractivity contribution in [2.45, 2.75) is 52.6 Å². The van der Waals surface area contributed by atoms with Crippen molar-refractivity contribution >= 4 is 17.4 Å². The molecule has 1 saturated heterocycles. The highest BCUT2D eigenvalue weighted by Crippen LogP contribution is 2.35. The number of nitrogens with zero attached hydrogens (tertiary/aromatic N) is 4. The molecule has 150 valence electrons. The fraction of sp³-hybridized carbons (Fsp3) is 0.545. The Balaban J connectivity index is 1.75. The van der Waals surface area contributed by atoms with E-state index in [1.54, 1.807) is 6.92 Å². The van der Waals surface area contributed by atoms with Crippen molar-refractivity contribution in [2.75, 3.05) is 31.7 Å². The van der Waals surface area contributed by atoms with Gasteiger partial charge in [0.05, 0.1) is 12.6 Å². The molecule has 0 unspecified atom stereocenters. The number of ether oxygens (including phenoxy) is 1. The first-order valence-corrected chi connectivity index (χ1v) is 10.2. The van der Waals surface area contributed by atoms with Crippen LogP contribution in [0.25, 0.3) is 0 Å². The molecule has 1 aromatic carbocycles. The maximum atomic E-state index is 12.0. The second-order valence-electron chi connectivity index (χ2n) is 8.06. The van der Waals surface area contributed by atoms with Gasteiger partial charge in [-0.3, -0.25) is 9.48 Å². The first kappa shape index (κ1) is 19.0. The summed E-state index contributed by atoms with van der Waals surface area (Å²) < 4.78 is 7.80. The first-order chi connectivity index (χ1) is 13.5. The van der Waals surface area contributed by atoms with E-state index in [1.165, 1.54) is 22.4 Å². The van der Waals surface area contributed by atoms with Gasteiger partial charge in [-0.15, -0.1) is 0 Å². The third kappa shape index (κ3) is 3.41. The number of carbonyl (C=O) groups excluding carboxylic acids is 1. The average Bonchev–Trinajstić information content (AvgIpc) is 3.09. The van der Waals surface area contributed by atoms with Crippen LogP contribution in [0.3, 0.4) is 0 Å². The Hall–Kier alpha value is -2.34. The fourth-order valence-electron chi connectivity index (χ4n) is 4.25. The van der Waals surface area contributed by atoms with Crippen LogP contribution in [0.1, 0.15) is 48.2 Å². The summed E-state index contributed by atoms with van der Waals surface area (Å²) in [7, 11) is 2.08. The maximum absolute atomic E-state index is 12.0. The molecule has 4 rings (SSSR count). The number of aryl methyl sites for hydroxylation is 2. The largest absolute Gasteiger partial charge is 0.381 e. The van der Waals surface area contributed by atoms with Crippen LogP contribution in [-0.4, -0.2) is 47.4 Å². The Morgan fingerprint density at radius 1 is 1.21 bits per heavy atom. The molecule has 3 heterocycles. The van der Waals surface area contributed by atoms with Gasteiger partial charge in [0.2, 0.25) is 5.91 Å². The van der Waals surface area contributed by atoms with E-state index in [2.05, 4.69) is 48.7 Å². The highest BCUT2D eigenvalue weighted by Gasteiger charge is 2.31. The van der Waals surface area contributed by atoms with Crippen molar-refractivity contribution < 1.29 is 9.53 Å². The molecular weight excluding hydrogens is 352 g/mol. The Morgan fingerprint density at radius 3 is 2.64 bits per heavy atom. The number of anilines is 2. The molecule has 0 saturated carbocycles. The van der Waals surface area contributed by atoms with Crippen LogP contribution in [0.15, 0.2) is 18.2 Å². The number of carbonyl (C=O) groups is 1. The van der Waals surface area contributed by atoms with Crippen LogP contribution in [0.5, 0.6) is 0 Å². The minimum atomic E-state index is 0.129. The lowest BCUT2D eigenvalue weighted by molar-refractivity contribution is -0.129. The summed E-state index contributed by atoms with van der Waals surface area (Å²) in [6, 6.07) is 6.90. The molecular formula is C22H30N4O2. The molecule has 1 aromatic heterocycles. The second-order valence-corrected chi connectivity index (χ2v) is 8.06. The van der Waals surface area contributed by atoms with E-state index >= 15 is 0 Å². The zero-order valence-corrected chi connectivity index (χ0v) is 17.4. The maximum Gasteiger partial charge on any atom is 0.219 e. The summed E-state index contributed by atoms with van der Waals surface area (Å²) in [6.45, 7) is 8.91. The number of fused-ring (bicyclic) bond motifs is 1. The minimum Gasteiger partial charge on any atom is -0.381 e. The van der Waals surface area contributed by atoms with Crippen LogP contribution in [-0.2, 0) is 22.5 Å². The highest BCUT2D eigenvalue weighted by molar-refractivity contribution is 5.74. The van der Waals surface area contributed by atoms with Crippen LogP contribution in [0, 0.1) is 13.8 Å². The van der Waals surface area contributed by atoms with Crippen LogP contribution in [0.2, 0.25) is 0 Å². The molecule has 0 atom stereocenters. The summed E-state index contributed by atoms with van der Waals surface area (Å²) in [6.07, 6.45) is 2.86. The van der Waals surface area contributed by atoms with E-state index in [1.807, 2.05) is 4.90 Å². The monoisotopic (exact) mass is 382 g/mol. The summed E-state index contributed by atoms with van der Waals surface area (Å²) in [5.74, 6) is 1.10. The predicted octanol–water partition coefficient (Wildman–Crippen LogP) is 3.52. The quantitative estimate of drug-likeness (QED) is 0.815. The van der Waals surface area contributed by atoms with Crippen molar-refractivity contribution in [2.24, 2.45) is 0 Å². The summed E-state index contributed by atoms with van der Waals surface area (Å²) in [4.78, 5) is 16.1. The Morgan fingerprint density at radius 2 is 1.96 bits per heavy atom. The lowest BCUT2D eigenvalue weighted by atomic mass is 10.0.